The molecular formula is C17H17F3N2O2S. The zero-order chi connectivity index (χ0) is 17.9. The summed E-state index contributed by atoms with van der Waals surface area (Å²) in [5, 5.41) is 6.94. The molecule has 0 bridgehead atoms. The van der Waals surface area contributed by atoms with Crippen LogP contribution in [-0.2, 0) is 0 Å². The van der Waals surface area contributed by atoms with Crippen LogP contribution < -0.4 is 10.1 Å². The largest absolute Gasteiger partial charge is 0.573 e. The van der Waals surface area contributed by atoms with E-state index in [1.165, 1.54) is 17.7 Å². The lowest BCUT2D eigenvalue weighted by atomic mass is 10.0. The number of thiophene rings is 1. The Kier molecular flexibility index (Phi) is 5.29. The molecule has 2 heterocycles. The number of amides is 1. The lowest BCUT2D eigenvalue weighted by molar-refractivity contribution is -0.274. The molecule has 1 saturated heterocycles. The first kappa shape index (κ1) is 17.8. The van der Waals surface area contributed by atoms with Gasteiger partial charge in [-0.3, -0.25) is 9.69 Å². The van der Waals surface area contributed by atoms with Crippen molar-refractivity contribution in [3.05, 3.63) is 52.2 Å². The van der Waals surface area contributed by atoms with Gasteiger partial charge in [0.25, 0.3) is 5.91 Å². The van der Waals surface area contributed by atoms with Gasteiger partial charge in [0, 0.05) is 25.2 Å². The van der Waals surface area contributed by atoms with Crippen molar-refractivity contribution in [3.63, 3.8) is 0 Å². The fourth-order valence-electron chi connectivity index (χ4n) is 2.67. The number of carbonyl (C=O) groups is 1. The Balaban J connectivity index is 1.59. The van der Waals surface area contributed by atoms with Gasteiger partial charge in [-0.25, -0.2) is 0 Å². The van der Waals surface area contributed by atoms with Gasteiger partial charge in [0.15, 0.2) is 0 Å². The van der Waals surface area contributed by atoms with Crippen molar-refractivity contribution in [1.29, 1.82) is 0 Å². The van der Waals surface area contributed by atoms with Gasteiger partial charge in [0.1, 0.15) is 5.75 Å². The van der Waals surface area contributed by atoms with E-state index < -0.39 is 6.36 Å². The summed E-state index contributed by atoms with van der Waals surface area (Å²) in [5.41, 5.74) is 1.46. The molecule has 1 fully saturated rings. The van der Waals surface area contributed by atoms with Crippen LogP contribution in [0.15, 0.2) is 41.1 Å². The van der Waals surface area contributed by atoms with Crippen LogP contribution in [-0.4, -0.2) is 36.8 Å². The van der Waals surface area contributed by atoms with Crippen LogP contribution in [0.3, 0.4) is 0 Å². The molecule has 3 rings (SSSR count). The molecule has 1 N–H and O–H groups in total. The number of ether oxygens (including phenoxy) is 1. The van der Waals surface area contributed by atoms with Crippen LogP contribution >= 0.6 is 11.3 Å². The van der Waals surface area contributed by atoms with Gasteiger partial charge in [0.2, 0.25) is 0 Å². The Morgan fingerprint density at radius 3 is 2.48 bits per heavy atom. The topological polar surface area (TPSA) is 41.6 Å². The van der Waals surface area contributed by atoms with E-state index in [0.717, 1.165) is 31.6 Å². The maximum Gasteiger partial charge on any atom is 0.573 e. The molecule has 0 unspecified atom stereocenters. The molecule has 1 aliphatic rings. The molecule has 4 nitrogen and oxygen atoms in total. The minimum absolute atomic E-state index is 0.122. The highest BCUT2D eigenvalue weighted by molar-refractivity contribution is 7.07. The number of hydrogen-bond acceptors (Lipinski definition) is 4. The summed E-state index contributed by atoms with van der Waals surface area (Å²) in [6, 6.07) is 7.07. The second kappa shape index (κ2) is 7.45. The Morgan fingerprint density at radius 1 is 1.24 bits per heavy atom. The fourth-order valence-corrected chi connectivity index (χ4v) is 3.38. The highest BCUT2D eigenvalue weighted by Gasteiger charge is 2.31. The smallest absolute Gasteiger partial charge is 0.406 e. The van der Waals surface area contributed by atoms with E-state index in [4.69, 9.17) is 0 Å². The quantitative estimate of drug-likeness (QED) is 0.840. The number of nitrogens with zero attached hydrogens (tertiary/aromatic N) is 1. The summed E-state index contributed by atoms with van der Waals surface area (Å²) >= 11 is 1.61. The molecule has 0 aliphatic carbocycles. The molecule has 2 aromatic rings. The van der Waals surface area contributed by atoms with Crippen molar-refractivity contribution in [2.75, 3.05) is 19.6 Å². The van der Waals surface area contributed by atoms with Gasteiger partial charge in [-0.2, -0.15) is 11.3 Å². The first-order valence-corrected chi connectivity index (χ1v) is 8.77. The van der Waals surface area contributed by atoms with Crippen LogP contribution in [0.25, 0.3) is 0 Å². The number of benzene rings is 1. The number of hydrogen-bond donors (Lipinski definition) is 1. The predicted octanol–water partition coefficient (Wildman–Crippen LogP) is 3.82. The lowest BCUT2D eigenvalue weighted by Gasteiger charge is -2.38. The zero-order valence-electron chi connectivity index (χ0n) is 13.3. The average Bonchev–Trinajstić information content (AvgIpc) is 3.02. The molecule has 1 aliphatic heterocycles. The minimum atomic E-state index is -4.74. The third-order valence-electron chi connectivity index (χ3n) is 4.07. The maximum atomic E-state index is 12.3. The molecule has 134 valence electrons. The minimum Gasteiger partial charge on any atom is -0.406 e. The van der Waals surface area contributed by atoms with Gasteiger partial charge < -0.3 is 10.1 Å². The molecule has 1 amide bonds. The van der Waals surface area contributed by atoms with E-state index in [1.54, 1.807) is 11.3 Å². The molecule has 8 heteroatoms. The molecule has 1 aromatic heterocycles. The predicted molar refractivity (Wildman–Crippen MR) is 88.7 cm³/mol. The molecule has 0 radical (unpaired) electrons. The van der Waals surface area contributed by atoms with E-state index in [9.17, 15) is 18.0 Å². The monoisotopic (exact) mass is 370 g/mol. The maximum absolute atomic E-state index is 12.3. The van der Waals surface area contributed by atoms with E-state index in [2.05, 4.69) is 20.3 Å². The first-order valence-electron chi connectivity index (χ1n) is 7.82. The average molecular weight is 370 g/mol. The second-order valence-corrected chi connectivity index (χ2v) is 6.52. The number of nitrogens with one attached hydrogen (secondary N) is 1. The highest BCUT2D eigenvalue weighted by atomic mass is 32.1. The summed E-state index contributed by atoms with van der Waals surface area (Å²) in [6.45, 7) is 2.45. The highest BCUT2D eigenvalue weighted by Crippen LogP contribution is 2.27. The molecule has 25 heavy (non-hydrogen) atoms. The number of carbonyl (C=O) groups excluding carboxylic acids is 1. The SMILES string of the molecule is O=C(NC[C@@H](c1ccsc1)N1CCC1)c1ccc(OC(F)(F)F)cc1. The normalized spacial score (nSPS) is 16.1. The fraction of sp³-hybridized carbons (Fsp3) is 0.353. The molecular weight excluding hydrogens is 353 g/mol. The van der Waals surface area contributed by atoms with Crippen molar-refractivity contribution >= 4 is 17.2 Å². The van der Waals surface area contributed by atoms with Gasteiger partial charge in [-0.05, 0) is 53.1 Å². The van der Waals surface area contributed by atoms with E-state index in [0.29, 0.717) is 12.1 Å². The summed E-state index contributed by atoms with van der Waals surface area (Å²) in [5.74, 6) is -0.667. The number of likely N-dealkylation sites (tertiary alicyclic amines) is 1. The summed E-state index contributed by atoms with van der Waals surface area (Å²) < 4.78 is 40.3. The Bertz CT molecular complexity index is 698. The van der Waals surface area contributed by atoms with Gasteiger partial charge in [-0.1, -0.05) is 0 Å². The van der Waals surface area contributed by atoms with E-state index >= 15 is 0 Å². The first-order chi connectivity index (χ1) is 11.9. The third kappa shape index (κ3) is 4.73. The molecule has 1 aromatic carbocycles. The number of rotatable bonds is 6. The molecule has 1 atom stereocenters. The van der Waals surface area contributed by atoms with Gasteiger partial charge in [-0.15, -0.1) is 13.2 Å². The molecule has 0 spiro atoms. The van der Waals surface area contributed by atoms with Crippen molar-refractivity contribution in [1.82, 2.24) is 10.2 Å². The third-order valence-corrected chi connectivity index (χ3v) is 4.77. The van der Waals surface area contributed by atoms with E-state index in [-0.39, 0.29) is 17.7 Å². The van der Waals surface area contributed by atoms with Crippen molar-refractivity contribution in [3.8, 4) is 5.75 Å². The Labute approximate surface area is 147 Å². The van der Waals surface area contributed by atoms with Crippen molar-refractivity contribution < 1.29 is 22.7 Å². The van der Waals surface area contributed by atoms with Crippen LogP contribution in [0.4, 0.5) is 13.2 Å². The van der Waals surface area contributed by atoms with E-state index in [1.807, 2.05) is 11.4 Å². The van der Waals surface area contributed by atoms with Crippen molar-refractivity contribution in [2.24, 2.45) is 0 Å². The zero-order valence-corrected chi connectivity index (χ0v) is 14.1. The summed E-state index contributed by atoms with van der Waals surface area (Å²) in [4.78, 5) is 14.5. The Morgan fingerprint density at radius 2 is 1.96 bits per heavy atom. The summed E-state index contributed by atoms with van der Waals surface area (Å²) in [7, 11) is 0. The van der Waals surface area contributed by atoms with Crippen LogP contribution in [0.5, 0.6) is 5.75 Å². The van der Waals surface area contributed by atoms with Gasteiger partial charge in [0.05, 0.1) is 6.04 Å². The summed E-state index contributed by atoms with van der Waals surface area (Å²) in [6.07, 6.45) is -3.59. The van der Waals surface area contributed by atoms with Crippen LogP contribution in [0.2, 0.25) is 0 Å². The second-order valence-electron chi connectivity index (χ2n) is 5.74. The number of halogens is 3. The molecule has 0 saturated carbocycles. The van der Waals surface area contributed by atoms with Crippen LogP contribution in [0.1, 0.15) is 28.4 Å². The van der Waals surface area contributed by atoms with Crippen LogP contribution in [0, 0.1) is 0 Å². The van der Waals surface area contributed by atoms with Gasteiger partial charge >= 0.3 is 6.36 Å². The lowest BCUT2D eigenvalue weighted by Crippen LogP contribution is -2.45. The van der Waals surface area contributed by atoms with Crippen molar-refractivity contribution in [2.45, 2.75) is 18.8 Å². The standard InChI is InChI=1S/C17H17F3N2O2S/c18-17(19,20)24-14-4-2-12(3-5-14)16(23)21-10-15(22-7-1-8-22)13-6-9-25-11-13/h2-6,9,11,15H,1,7-8,10H2,(H,21,23)/t15-/m0/s1. The number of alkyl halides is 3. The Hall–Kier alpha value is -2.06.